The molecule has 6 heteroatoms. The zero-order valence-corrected chi connectivity index (χ0v) is 12.3. The van der Waals surface area contributed by atoms with Gasteiger partial charge in [-0.15, -0.1) is 21.5 Å². The molecular formula is C10H12BrN3S2. The van der Waals surface area contributed by atoms with Gasteiger partial charge in [-0.1, -0.05) is 17.4 Å². The maximum atomic E-state index is 4.17. The van der Waals surface area contributed by atoms with E-state index in [-0.39, 0.29) is 0 Å². The van der Waals surface area contributed by atoms with Crippen molar-refractivity contribution in [3.8, 4) is 0 Å². The fourth-order valence-corrected chi connectivity index (χ4v) is 3.28. The topological polar surface area (TPSA) is 29.0 Å². The van der Waals surface area contributed by atoms with Crippen LogP contribution in [0.15, 0.2) is 21.4 Å². The van der Waals surface area contributed by atoms with Crippen LogP contribution in [-0.4, -0.2) is 16.2 Å². The van der Waals surface area contributed by atoms with E-state index in [4.69, 9.17) is 0 Å². The molecule has 0 saturated heterocycles. The first kappa shape index (κ1) is 12.0. The van der Waals surface area contributed by atoms with Gasteiger partial charge in [0, 0.05) is 10.9 Å². The lowest BCUT2D eigenvalue weighted by Gasteiger charge is -2.24. The van der Waals surface area contributed by atoms with Gasteiger partial charge in [0.25, 0.3) is 0 Å². The van der Waals surface area contributed by atoms with Crippen molar-refractivity contribution in [2.75, 3.05) is 4.90 Å². The molecule has 16 heavy (non-hydrogen) atoms. The summed E-state index contributed by atoms with van der Waals surface area (Å²) in [6.45, 7) is 5.24. The fraction of sp³-hybridized carbons (Fsp3) is 0.400. The molecule has 2 aromatic rings. The Bertz CT molecular complexity index is 439. The van der Waals surface area contributed by atoms with Gasteiger partial charge in [0.15, 0.2) is 3.92 Å². The van der Waals surface area contributed by atoms with Crippen LogP contribution < -0.4 is 4.90 Å². The minimum Gasteiger partial charge on any atom is -0.339 e. The second kappa shape index (κ2) is 5.25. The van der Waals surface area contributed by atoms with Gasteiger partial charge >= 0.3 is 0 Å². The molecule has 2 rings (SSSR count). The van der Waals surface area contributed by atoms with E-state index in [1.807, 2.05) is 0 Å². The Morgan fingerprint density at radius 1 is 1.44 bits per heavy atom. The van der Waals surface area contributed by atoms with Crippen LogP contribution in [0.1, 0.15) is 18.7 Å². The van der Waals surface area contributed by atoms with Crippen LogP contribution in [0.25, 0.3) is 0 Å². The second-order valence-electron chi connectivity index (χ2n) is 3.64. The lowest BCUT2D eigenvalue weighted by atomic mass is 10.3. The molecule has 2 heterocycles. The van der Waals surface area contributed by atoms with Crippen molar-refractivity contribution >= 4 is 43.7 Å². The lowest BCUT2D eigenvalue weighted by molar-refractivity contribution is 0.680. The summed E-state index contributed by atoms with van der Waals surface area (Å²) in [7, 11) is 0. The van der Waals surface area contributed by atoms with Crippen LogP contribution in [0.2, 0.25) is 0 Å². The molecule has 0 amide bonds. The molecule has 0 aliphatic heterocycles. The number of aromatic nitrogens is 2. The van der Waals surface area contributed by atoms with Crippen molar-refractivity contribution < 1.29 is 0 Å². The zero-order valence-electron chi connectivity index (χ0n) is 9.05. The van der Waals surface area contributed by atoms with Crippen molar-refractivity contribution in [1.82, 2.24) is 10.2 Å². The number of rotatable bonds is 4. The van der Waals surface area contributed by atoms with Crippen LogP contribution in [0, 0.1) is 0 Å². The molecular weight excluding hydrogens is 306 g/mol. The van der Waals surface area contributed by atoms with Crippen molar-refractivity contribution in [3.63, 3.8) is 0 Å². The monoisotopic (exact) mass is 317 g/mol. The van der Waals surface area contributed by atoms with Gasteiger partial charge < -0.3 is 4.90 Å². The van der Waals surface area contributed by atoms with E-state index in [0.29, 0.717) is 6.04 Å². The number of thiophene rings is 1. The molecule has 0 atom stereocenters. The van der Waals surface area contributed by atoms with Gasteiger partial charge in [-0.05, 0) is 41.2 Å². The molecule has 0 aliphatic carbocycles. The van der Waals surface area contributed by atoms with Crippen LogP contribution in [0.3, 0.4) is 0 Å². The number of hydrogen-bond donors (Lipinski definition) is 0. The number of anilines is 1. The highest BCUT2D eigenvalue weighted by Gasteiger charge is 2.15. The molecule has 0 fully saturated rings. The largest absolute Gasteiger partial charge is 0.339 e. The van der Waals surface area contributed by atoms with Crippen molar-refractivity contribution in [2.24, 2.45) is 0 Å². The summed E-state index contributed by atoms with van der Waals surface area (Å²) < 4.78 is 0.833. The van der Waals surface area contributed by atoms with E-state index in [9.17, 15) is 0 Å². The van der Waals surface area contributed by atoms with Gasteiger partial charge in [-0.3, -0.25) is 0 Å². The van der Waals surface area contributed by atoms with Crippen LogP contribution in [-0.2, 0) is 6.54 Å². The quantitative estimate of drug-likeness (QED) is 0.859. The fourth-order valence-electron chi connectivity index (χ4n) is 1.36. The molecule has 86 valence electrons. The Hall–Kier alpha value is -0.460. The second-order valence-corrected chi connectivity index (χ2v) is 6.90. The molecule has 0 aromatic carbocycles. The third-order valence-corrected chi connectivity index (χ3v) is 4.42. The van der Waals surface area contributed by atoms with Gasteiger partial charge in [-0.2, -0.15) is 0 Å². The van der Waals surface area contributed by atoms with Crippen LogP contribution >= 0.6 is 38.6 Å². The maximum absolute atomic E-state index is 4.17. The highest BCUT2D eigenvalue weighted by Crippen LogP contribution is 2.27. The summed E-state index contributed by atoms with van der Waals surface area (Å²) in [6, 6.07) is 4.65. The highest BCUT2D eigenvalue weighted by atomic mass is 79.9. The molecule has 0 saturated carbocycles. The van der Waals surface area contributed by atoms with Crippen LogP contribution in [0.4, 0.5) is 5.13 Å². The zero-order chi connectivity index (χ0) is 11.5. The third kappa shape index (κ3) is 2.81. The normalized spacial score (nSPS) is 11.0. The summed E-state index contributed by atoms with van der Waals surface area (Å²) in [4.78, 5) is 3.61. The predicted molar refractivity (Wildman–Crippen MR) is 73.2 cm³/mol. The Morgan fingerprint density at radius 3 is 2.75 bits per heavy atom. The van der Waals surface area contributed by atoms with Crippen molar-refractivity contribution in [1.29, 1.82) is 0 Å². The third-order valence-electron chi connectivity index (χ3n) is 2.17. The summed E-state index contributed by atoms with van der Waals surface area (Å²) in [5, 5.41) is 11.2. The van der Waals surface area contributed by atoms with Crippen LogP contribution in [0.5, 0.6) is 0 Å². The maximum Gasteiger partial charge on any atom is 0.209 e. The molecule has 2 aromatic heterocycles. The van der Waals surface area contributed by atoms with E-state index in [1.54, 1.807) is 22.7 Å². The first-order chi connectivity index (χ1) is 7.66. The predicted octanol–water partition coefficient (Wildman–Crippen LogP) is 3.78. The molecule has 0 N–H and O–H groups in total. The van der Waals surface area contributed by atoms with Gasteiger partial charge in [-0.25, -0.2) is 0 Å². The van der Waals surface area contributed by atoms with E-state index in [1.165, 1.54) is 4.88 Å². The van der Waals surface area contributed by atoms with Gasteiger partial charge in [0.05, 0.1) is 6.54 Å². The molecule has 0 spiro atoms. The van der Waals surface area contributed by atoms with Gasteiger partial charge in [0.2, 0.25) is 5.13 Å². The average Bonchev–Trinajstić information content (AvgIpc) is 2.84. The van der Waals surface area contributed by atoms with Crippen molar-refractivity contribution in [2.45, 2.75) is 26.4 Å². The smallest absolute Gasteiger partial charge is 0.209 e. The molecule has 0 aliphatic rings. The molecule has 0 bridgehead atoms. The van der Waals surface area contributed by atoms with E-state index < -0.39 is 0 Å². The summed E-state index contributed by atoms with van der Waals surface area (Å²) >= 11 is 6.69. The SMILES string of the molecule is CC(C)N(Cc1cccs1)c1nnc(Br)s1. The Morgan fingerprint density at radius 2 is 2.25 bits per heavy atom. The minimum atomic E-state index is 0.418. The van der Waals surface area contributed by atoms with E-state index in [2.05, 4.69) is 62.4 Å². The summed E-state index contributed by atoms with van der Waals surface area (Å²) in [6.07, 6.45) is 0. The number of halogens is 1. The lowest BCUT2D eigenvalue weighted by Crippen LogP contribution is -2.29. The number of hydrogen-bond acceptors (Lipinski definition) is 5. The molecule has 0 radical (unpaired) electrons. The van der Waals surface area contributed by atoms with Crippen molar-refractivity contribution in [3.05, 3.63) is 26.3 Å². The first-order valence-corrected chi connectivity index (χ1v) is 7.44. The molecule has 0 unspecified atom stereocenters. The average molecular weight is 318 g/mol. The van der Waals surface area contributed by atoms with Gasteiger partial charge in [0.1, 0.15) is 0 Å². The summed E-state index contributed by atoms with van der Waals surface area (Å²) in [5.74, 6) is 0. The Balaban J connectivity index is 2.18. The standard InChI is InChI=1S/C10H12BrN3S2/c1-7(2)14(6-8-4-3-5-15-8)10-13-12-9(11)16-10/h3-5,7H,6H2,1-2H3. The minimum absolute atomic E-state index is 0.418. The summed E-state index contributed by atoms with van der Waals surface area (Å²) in [5.41, 5.74) is 0. The first-order valence-electron chi connectivity index (χ1n) is 4.95. The molecule has 3 nitrogen and oxygen atoms in total. The number of nitrogens with zero attached hydrogens (tertiary/aromatic N) is 3. The Kier molecular flexibility index (Phi) is 3.94. The van der Waals surface area contributed by atoms with E-state index in [0.717, 1.165) is 15.6 Å². The van der Waals surface area contributed by atoms with E-state index >= 15 is 0 Å². The Labute approximate surface area is 111 Å². The highest BCUT2D eigenvalue weighted by molar-refractivity contribution is 9.11.